The Morgan fingerprint density at radius 3 is 2.40 bits per heavy atom. The maximum atomic E-state index is 13.2. The van der Waals surface area contributed by atoms with Crippen LogP contribution in [0.25, 0.3) is 0 Å². The number of hydrogen-bond donors (Lipinski definition) is 0. The number of ketones is 1. The molecule has 2 aromatic rings. The third-order valence-electron chi connectivity index (χ3n) is 5.64. The molecule has 1 saturated carbocycles. The molecule has 128 valence electrons. The molecule has 1 fully saturated rings. The highest BCUT2D eigenvalue weighted by Crippen LogP contribution is 2.54. The Hall–Kier alpha value is -2.00. The number of benzene rings is 2. The summed E-state index contributed by atoms with van der Waals surface area (Å²) in [6.07, 6.45) is 5.49. The van der Waals surface area contributed by atoms with Crippen LogP contribution >= 0.6 is 0 Å². The van der Waals surface area contributed by atoms with E-state index in [1.807, 2.05) is 49.4 Å². The van der Waals surface area contributed by atoms with E-state index in [2.05, 4.69) is 18.2 Å². The van der Waals surface area contributed by atoms with Crippen LogP contribution in [0.4, 0.5) is 0 Å². The van der Waals surface area contributed by atoms with Crippen LogP contribution in [-0.4, -0.2) is 9.99 Å². The summed E-state index contributed by atoms with van der Waals surface area (Å²) in [5.41, 5.74) is 2.24. The van der Waals surface area contributed by atoms with Crippen molar-refractivity contribution in [2.24, 2.45) is 17.8 Å². The molecule has 5 atom stereocenters. The fraction of sp³-hybridized carbons (Fsp3) is 0.318. The molecule has 0 aliphatic heterocycles. The monoisotopic (exact) mass is 350 g/mol. The molecule has 0 aromatic heterocycles. The second kappa shape index (κ2) is 6.38. The van der Waals surface area contributed by atoms with Gasteiger partial charge in [0.15, 0.2) is 0 Å². The van der Waals surface area contributed by atoms with E-state index >= 15 is 0 Å². The number of rotatable bonds is 4. The smallest absolute Gasteiger partial charge is 0.134 e. The Kier molecular flexibility index (Phi) is 4.20. The quantitative estimate of drug-likeness (QED) is 0.752. The van der Waals surface area contributed by atoms with Crippen LogP contribution in [0.5, 0.6) is 0 Å². The molecule has 2 bridgehead atoms. The highest BCUT2D eigenvalue weighted by Gasteiger charge is 2.48. The van der Waals surface area contributed by atoms with E-state index in [0.717, 1.165) is 27.3 Å². The van der Waals surface area contributed by atoms with Gasteiger partial charge in [-0.25, -0.2) is 4.21 Å². The summed E-state index contributed by atoms with van der Waals surface area (Å²) in [5, 5.41) is 0. The molecule has 1 unspecified atom stereocenters. The lowest BCUT2D eigenvalue weighted by molar-refractivity contribution is -0.121. The first-order valence-electron chi connectivity index (χ1n) is 8.82. The van der Waals surface area contributed by atoms with Crippen molar-refractivity contribution in [1.82, 2.24) is 0 Å². The van der Waals surface area contributed by atoms with Crippen molar-refractivity contribution < 1.29 is 9.00 Å². The minimum atomic E-state index is -1.23. The van der Waals surface area contributed by atoms with Crippen molar-refractivity contribution in [2.45, 2.75) is 36.0 Å². The van der Waals surface area contributed by atoms with Crippen LogP contribution in [0.3, 0.4) is 0 Å². The van der Waals surface area contributed by atoms with Gasteiger partial charge in [-0.3, -0.25) is 4.79 Å². The number of Topliss-reactive ketones (excluding diaryl/α,β-unsaturated/α-hetero) is 1. The average molecular weight is 350 g/mol. The van der Waals surface area contributed by atoms with Crippen molar-refractivity contribution in [3.8, 4) is 0 Å². The number of aryl methyl sites for hydroxylation is 1. The molecule has 4 rings (SSSR count). The second-order valence-corrected chi connectivity index (χ2v) is 8.68. The maximum Gasteiger partial charge on any atom is 0.134 e. The predicted molar refractivity (Wildman–Crippen MR) is 99.9 cm³/mol. The highest BCUT2D eigenvalue weighted by atomic mass is 32.2. The van der Waals surface area contributed by atoms with Gasteiger partial charge in [0.1, 0.15) is 5.78 Å². The van der Waals surface area contributed by atoms with Crippen molar-refractivity contribution >= 4 is 16.6 Å². The summed E-state index contributed by atoms with van der Waals surface area (Å²) in [7, 11) is -1.23. The van der Waals surface area contributed by atoms with Crippen molar-refractivity contribution in [1.29, 1.82) is 0 Å². The number of hydrogen-bond acceptors (Lipinski definition) is 2. The first kappa shape index (κ1) is 16.5. The van der Waals surface area contributed by atoms with Crippen LogP contribution < -0.4 is 0 Å². The molecule has 25 heavy (non-hydrogen) atoms. The Morgan fingerprint density at radius 2 is 1.68 bits per heavy atom. The van der Waals surface area contributed by atoms with Crippen LogP contribution in [-0.2, 0) is 15.6 Å². The zero-order valence-corrected chi connectivity index (χ0v) is 15.3. The molecule has 0 N–H and O–H groups in total. The van der Waals surface area contributed by atoms with Gasteiger partial charge < -0.3 is 0 Å². The molecule has 0 spiro atoms. The molecular weight excluding hydrogens is 328 g/mol. The van der Waals surface area contributed by atoms with Gasteiger partial charge in [-0.15, -0.1) is 0 Å². The lowest BCUT2D eigenvalue weighted by atomic mass is 9.77. The normalized spacial score (nSPS) is 28.2. The molecule has 0 saturated heterocycles. The van der Waals surface area contributed by atoms with Crippen LogP contribution in [0.2, 0.25) is 0 Å². The van der Waals surface area contributed by atoms with Gasteiger partial charge in [0.2, 0.25) is 0 Å². The van der Waals surface area contributed by atoms with Crippen LogP contribution in [0, 0.1) is 24.7 Å². The average Bonchev–Trinajstić information content (AvgIpc) is 3.23. The highest BCUT2D eigenvalue weighted by molar-refractivity contribution is 7.85. The lowest BCUT2D eigenvalue weighted by Crippen LogP contribution is -2.25. The molecule has 0 amide bonds. The van der Waals surface area contributed by atoms with E-state index < -0.39 is 10.8 Å². The van der Waals surface area contributed by atoms with Gasteiger partial charge >= 0.3 is 0 Å². The third-order valence-corrected chi connectivity index (χ3v) is 7.11. The van der Waals surface area contributed by atoms with E-state index in [-0.39, 0.29) is 17.6 Å². The second-order valence-electron chi connectivity index (χ2n) is 7.23. The number of allylic oxidation sites excluding steroid dienone is 2. The Morgan fingerprint density at radius 1 is 1.00 bits per heavy atom. The third kappa shape index (κ3) is 2.81. The van der Waals surface area contributed by atoms with Crippen molar-refractivity contribution in [3.63, 3.8) is 0 Å². The molecule has 0 radical (unpaired) electrons. The topological polar surface area (TPSA) is 34.1 Å². The molecule has 2 nitrogen and oxygen atoms in total. The van der Waals surface area contributed by atoms with Gasteiger partial charge in [0.05, 0.1) is 10.8 Å². The van der Waals surface area contributed by atoms with Crippen LogP contribution in [0.15, 0.2) is 70.5 Å². The van der Waals surface area contributed by atoms with E-state index in [1.54, 1.807) is 6.92 Å². The number of carbonyl (C=O) groups excluding carboxylic acids is 1. The van der Waals surface area contributed by atoms with Crippen molar-refractivity contribution in [3.05, 3.63) is 71.8 Å². The summed E-state index contributed by atoms with van der Waals surface area (Å²) < 4.78 is 13.2. The first-order chi connectivity index (χ1) is 12.1. The summed E-state index contributed by atoms with van der Waals surface area (Å²) in [6, 6.07) is 15.8. The van der Waals surface area contributed by atoms with Gasteiger partial charge in [-0.05, 0) is 55.9 Å². The fourth-order valence-electron chi connectivity index (χ4n) is 4.51. The van der Waals surface area contributed by atoms with E-state index in [1.165, 1.54) is 0 Å². The molecule has 2 aliphatic carbocycles. The van der Waals surface area contributed by atoms with Crippen molar-refractivity contribution in [2.75, 3.05) is 0 Å². The molecule has 2 aromatic carbocycles. The molecule has 0 heterocycles. The van der Waals surface area contributed by atoms with Gasteiger partial charge in [0.25, 0.3) is 0 Å². The lowest BCUT2D eigenvalue weighted by Gasteiger charge is -2.28. The van der Waals surface area contributed by atoms with E-state index in [4.69, 9.17) is 0 Å². The zero-order valence-electron chi connectivity index (χ0n) is 14.5. The van der Waals surface area contributed by atoms with E-state index in [0.29, 0.717) is 11.8 Å². The zero-order chi connectivity index (χ0) is 17.6. The minimum Gasteiger partial charge on any atom is -0.300 e. The molecular formula is C22H22O2S. The Balaban J connectivity index is 1.77. The van der Waals surface area contributed by atoms with Gasteiger partial charge in [-0.1, -0.05) is 48.0 Å². The standard InChI is InChI=1S/C22H22O2S/c1-14-7-11-18(12-8-14)25(24)20-6-4-3-5-19(20)22-17-10-9-16(13-17)21(22)15(2)23/h3-12,16-17,21-22H,13H2,1-2H3/t16-,17+,21-,22+,25?/m1/s1. The molecule has 3 heteroatoms. The fourth-order valence-corrected chi connectivity index (χ4v) is 5.77. The summed E-state index contributed by atoms with van der Waals surface area (Å²) in [4.78, 5) is 14.0. The number of fused-ring (bicyclic) bond motifs is 2. The van der Waals surface area contributed by atoms with E-state index in [9.17, 15) is 9.00 Å². The van der Waals surface area contributed by atoms with Gasteiger partial charge in [-0.2, -0.15) is 0 Å². The van der Waals surface area contributed by atoms with Gasteiger partial charge in [0, 0.05) is 21.6 Å². The maximum absolute atomic E-state index is 13.2. The Labute approximate surface area is 151 Å². The largest absolute Gasteiger partial charge is 0.300 e. The predicted octanol–water partition coefficient (Wildman–Crippen LogP) is 4.66. The number of carbonyl (C=O) groups is 1. The Bertz CT molecular complexity index is 866. The van der Waals surface area contributed by atoms with Crippen LogP contribution in [0.1, 0.15) is 30.4 Å². The first-order valence-corrected chi connectivity index (χ1v) is 9.97. The minimum absolute atomic E-state index is 0.0196. The summed E-state index contributed by atoms with van der Waals surface area (Å²) >= 11 is 0. The summed E-state index contributed by atoms with van der Waals surface area (Å²) in [5.74, 6) is 1.14. The SMILES string of the molecule is CC(=O)[C@H]1[C@H](c2ccccc2S(=O)c2ccc(C)cc2)[C@H]2C=C[C@@H]1C2. The molecule has 2 aliphatic rings. The summed E-state index contributed by atoms with van der Waals surface area (Å²) in [6.45, 7) is 3.73.